The van der Waals surface area contributed by atoms with Crippen LogP contribution in [-0.4, -0.2) is 14.9 Å². The molecular weight excluding hydrogens is 342 g/mol. The molecule has 0 aliphatic rings. The number of nitrogens with one attached hydrogen (secondary N) is 2. The second kappa shape index (κ2) is 7.14. The average molecular weight is 356 g/mol. The molecular formula is C17H14ClN5O2. The van der Waals surface area contributed by atoms with Crippen LogP contribution in [0.4, 0.5) is 28.7 Å². The van der Waals surface area contributed by atoms with E-state index in [0.29, 0.717) is 10.7 Å². The first-order valence-corrected chi connectivity index (χ1v) is 7.77. The van der Waals surface area contributed by atoms with Gasteiger partial charge in [0.2, 0.25) is 11.6 Å². The summed E-state index contributed by atoms with van der Waals surface area (Å²) in [5.74, 6) is 0.192. The normalized spacial score (nSPS) is 10.3. The minimum atomic E-state index is -0.520. The van der Waals surface area contributed by atoms with Gasteiger partial charge in [-0.05, 0) is 36.8 Å². The minimum Gasteiger partial charge on any atom is -0.334 e. The van der Waals surface area contributed by atoms with E-state index in [2.05, 4.69) is 20.6 Å². The molecule has 126 valence electrons. The van der Waals surface area contributed by atoms with Gasteiger partial charge >= 0.3 is 5.69 Å². The molecule has 0 atom stereocenters. The van der Waals surface area contributed by atoms with Crippen LogP contribution in [0.15, 0.2) is 54.9 Å². The molecule has 0 aliphatic heterocycles. The SMILES string of the molecule is Cc1ccccc1Nc1ncnc(Nc2cccc(Cl)c2)c1[N+](=O)[O-]. The van der Waals surface area contributed by atoms with Crippen LogP contribution in [0, 0.1) is 17.0 Å². The van der Waals surface area contributed by atoms with Gasteiger partial charge < -0.3 is 10.6 Å². The van der Waals surface area contributed by atoms with Crippen LogP contribution in [0.1, 0.15) is 5.56 Å². The summed E-state index contributed by atoms with van der Waals surface area (Å²) < 4.78 is 0. The monoisotopic (exact) mass is 355 g/mol. The van der Waals surface area contributed by atoms with Crippen molar-refractivity contribution in [3.8, 4) is 0 Å². The van der Waals surface area contributed by atoms with Crippen molar-refractivity contribution in [2.24, 2.45) is 0 Å². The smallest absolute Gasteiger partial charge is 0.334 e. The zero-order valence-electron chi connectivity index (χ0n) is 13.2. The van der Waals surface area contributed by atoms with Gasteiger partial charge in [-0.1, -0.05) is 35.9 Å². The van der Waals surface area contributed by atoms with Crippen LogP contribution in [0.3, 0.4) is 0 Å². The Labute approximate surface area is 148 Å². The zero-order chi connectivity index (χ0) is 17.8. The molecule has 3 aromatic rings. The summed E-state index contributed by atoms with van der Waals surface area (Å²) in [5, 5.41) is 18.0. The molecule has 2 aromatic carbocycles. The number of benzene rings is 2. The Hall–Kier alpha value is -3.19. The number of halogens is 1. The number of para-hydroxylation sites is 1. The predicted molar refractivity (Wildman–Crippen MR) is 97.9 cm³/mol. The fraction of sp³-hybridized carbons (Fsp3) is 0.0588. The maximum atomic E-state index is 11.6. The summed E-state index contributed by atoms with van der Waals surface area (Å²) in [5.41, 5.74) is 2.03. The van der Waals surface area contributed by atoms with Crippen LogP contribution in [-0.2, 0) is 0 Å². The zero-order valence-corrected chi connectivity index (χ0v) is 14.0. The summed E-state index contributed by atoms with van der Waals surface area (Å²) in [6, 6.07) is 14.3. The van der Waals surface area contributed by atoms with Gasteiger partial charge in [0.25, 0.3) is 0 Å². The van der Waals surface area contributed by atoms with E-state index in [1.165, 1.54) is 6.33 Å². The molecule has 25 heavy (non-hydrogen) atoms. The Morgan fingerprint density at radius 2 is 1.76 bits per heavy atom. The van der Waals surface area contributed by atoms with Crippen LogP contribution >= 0.6 is 11.6 Å². The van der Waals surface area contributed by atoms with E-state index >= 15 is 0 Å². The molecule has 0 saturated heterocycles. The standard InChI is InChI=1S/C17H14ClN5O2/c1-11-5-2-3-8-14(11)22-17-15(23(24)25)16(19-10-20-17)21-13-7-4-6-12(18)9-13/h2-10H,1H3,(H2,19,20,21,22). The van der Waals surface area contributed by atoms with Gasteiger partial charge in [0.15, 0.2) is 0 Å². The molecule has 1 heterocycles. The average Bonchev–Trinajstić information content (AvgIpc) is 2.57. The van der Waals surface area contributed by atoms with E-state index in [9.17, 15) is 10.1 Å². The summed E-state index contributed by atoms with van der Waals surface area (Å²) in [6.45, 7) is 1.90. The third-order valence-electron chi connectivity index (χ3n) is 3.49. The first kappa shape index (κ1) is 16.7. The number of hydrogen-bond donors (Lipinski definition) is 2. The van der Waals surface area contributed by atoms with E-state index in [-0.39, 0.29) is 17.3 Å². The largest absolute Gasteiger partial charge is 0.353 e. The highest BCUT2D eigenvalue weighted by Crippen LogP contribution is 2.33. The van der Waals surface area contributed by atoms with Crippen molar-refractivity contribution in [1.82, 2.24) is 9.97 Å². The van der Waals surface area contributed by atoms with E-state index < -0.39 is 4.92 Å². The Bertz CT molecular complexity index is 932. The van der Waals surface area contributed by atoms with E-state index in [4.69, 9.17) is 11.6 Å². The summed E-state index contributed by atoms with van der Waals surface area (Å²) in [6.07, 6.45) is 1.26. The highest BCUT2D eigenvalue weighted by atomic mass is 35.5. The lowest BCUT2D eigenvalue weighted by molar-refractivity contribution is -0.383. The van der Waals surface area contributed by atoms with Gasteiger partial charge in [0, 0.05) is 16.4 Å². The minimum absolute atomic E-state index is 0.0818. The third-order valence-corrected chi connectivity index (χ3v) is 3.73. The molecule has 7 nitrogen and oxygen atoms in total. The third kappa shape index (κ3) is 3.84. The first-order chi connectivity index (χ1) is 12.0. The molecule has 0 aliphatic carbocycles. The Morgan fingerprint density at radius 1 is 1.04 bits per heavy atom. The number of hydrogen-bond acceptors (Lipinski definition) is 6. The Kier molecular flexibility index (Phi) is 4.76. The Morgan fingerprint density at radius 3 is 2.44 bits per heavy atom. The fourth-order valence-electron chi connectivity index (χ4n) is 2.28. The van der Waals surface area contributed by atoms with Crippen molar-refractivity contribution in [2.75, 3.05) is 10.6 Å². The molecule has 1 aromatic heterocycles. The number of rotatable bonds is 5. The number of anilines is 4. The molecule has 0 bridgehead atoms. The highest BCUT2D eigenvalue weighted by Gasteiger charge is 2.23. The lowest BCUT2D eigenvalue weighted by Crippen LogP contribution is -2.06. The maximum Gasteiger partial charge on any atom is 0.353 e. The van der Waals surface area contributed by atoms with Crippen LogP contribution in [0.25, 0.3) is 0 Å². The summed E-state index contributed by atoms with van der Waals surface area (Å²) in [4.78, 5) is 19.1. The molecule has 0 amide bonds. The van der Waals surface area contributed by atoms with Crippen molar-refractivity contribution >= 4 is 40.3 Å². The molecule has 0 spiro atoms. The molecule has 3 rings (SSSR count). The van der Waals surface area contributed by atoms with Gasteiger partial charge in [0.1, 0.15) is 6.33 Å². The van der Waals surface area contributed by atoms with E-state index in [0.717, 1.165) is 11.3 Å². The molecule has 0 unspecified atom stereocenters. The lowest BCUT2D eigenvalue weighted by Gasteiger charge is -2.11. The molecule has 2 N–H and O–H groups in total. The number of nitrogens with zero attached hydrogens (tertiary/aromatic N) is 3. The summed E-state index contributed by atoms with van der Waals surface area (Å²) in [7, 11) is 0. The van der Waals surface area contributed by atoms with Gasteiger partial charge in [-0.25, -0.2) is 9.97 Å². The van der Waals surface area contributed by atoms with Crippen molar-refractivity contribution < 1.29 is 4.92 Å². The van der Waals surface area contributed by atoms with Crippen LogP contribution < -0.4 is 10.6 Å². The lowest BCUT2D eigenvalue weighted by atomic mass is 10.2. The molecule has 0 radical (unpaired) electrons. The van der Waals surface area contributed by atoms with Gasteiger partial charge in [-0.3, -0.25) is 10.1 Å². The number of aryl methyl sites for hydroxylation is 1. The second-order valence-electron chi connectivity index (χ2n) is 5.25. The number of aromatic nitrogens is 2. The highest BCUT2D eigenvalue weighted by molar-refractivity contribution is 6.30. The van der Waals surface area contributed by atoms with Crippen molar-refractivity contribution in [3.05, 3.63) is 75.6 Å². The molecule has 8 heteroatoms. The second-order valence-corrected chi connectivity index (χ2v) is 5.69. The number of nitro groups is 1. The van der Waals surface area contributed by atoms with E-state index in [1.807, 2.05) is 31.2 Å². The van der Waals surface area contributed by atoms with Crippen molar-refractivity contribution in [3.63, 3.8) is 0 Å². The van der Waals surface area contributed by atoms with Crippen LogP contribution in [0.5, 0.6) is 0 Å². The summed E-state index contributed by atoms with van der Waals surface area (Å²) >= 11 is 5.95. The van der Waals surface area contributed by atoms with Crippen molar-refractivity contribution in [2.45, 2.75) is 6.92 Å². The quantitative estimate of drug-likeness (QED) is 0.502. The van der Waals surface area contributed by atoms with E-state index in [1.54, 1.807) is 24.3 Å². The Balaban J connectivity index is 2.00. The van der Waals surface area contributed by atoms with Gasteiger partial charge in [-0.15, -0.1) is 0 Å². The maximum absolute atomic E-state index is 11.6. The first-order valence-electron chi connectivity index (χ1n) is 7.39. The predicted octanol–water partition coefficient (Wildman–Crippen LogP) is 4.83. The topological polar surface area (TPSA) is 93.0 Å². The van der Waals surface area contributed by atoms with Gasteiger partial charge in [-0.2, -0.15) is 0 Å². The van der Waals surface area contributed by atoms with Gasteiger partial charge in [0.05, 0.1) is 4.92 Å². The molecule has 0 fully saturated rings. The van der Waals surface area contributed by atoms with Crippen molar-refractivity contribution in [1.29, 1.82) is 0 Å². The fourth-order valence-corrected chi connectivity index (χ4v) is 2.47. The molecule has 0 saturated carbocycles. The van der Waals surface area contributed by atoms with Crippen LogP contribution in [0.2, 0.25) is 5.02 Å².